The molecule has 1 N–H and O–H groups in total. The second kappa shape index (κ2) is 6.22. The smallest absolute Gasteiger partial charge is 0.250 e. The number of hydrogen-bond acceptors (Lipinski definition) is 5. The second-order valence-electron chi connectivity index (χ2n) is 5.63. The summed E-state index contributed by atoms with van der Waals surface area (Å²) in [6, 6.07) is 11.2. The van der Waals surface area contributed by atoms with Crippen molar-refractivity contribution in [3.8, 4) is 5.69 Å². The lowest BCUT2D eigenvalue weighted by Gasteiger charge is -2.34. The number of anilines is 1. The number of para-hydroxylation sites is 1. The van der Waals surface area contributed by atoms with Crippen LogP contribution in [0, 0.1) is 0 Å². The van der Waals surface area contributed by atoms with Gasteiger partial charge in [0.05, 0.1) is 5.69 Å². The Hall–Kier alpha value is -1.95. The first-order chi connectivity index (χ1) is 10.3. The Morgan fingerprint density at radius 2 is 1.86 bits per heavy atom. The third-order valence-corrected chi connectivity index (χ3v) is 4.42. The molecular formula is C15H22N6. The second-order valence-corrected chi connectivity index (χ2v) is 5.63. The van der Waals surface area contributed by atoms with Crippen LogP contribution in [0.1, 0.15) is 25.7 Å². The van der Waals surface area contributed by atoms with Crippen LogP contribution in [0.5, 0.6) is 0 Å². The zero-order valence-electron chi connectivity index (χ0n) is 12.6. The number of nitrogens with zero attached hydrogens (tertiary/aromatic N) is 5. The van der Waals surface area contributed by atoms with Crippen molar-refractivity contribution in [1.29, 1.82) is 0 Å². The van der Waals surface area contributed by atoms with Crippen LogP contribution in [0.4, 0.5) is 5.95 Å². The molecule has 0 amide bonds. The zero-order valence-corrected chi connectivity index (χ0v) is 12.6. The number of aromatic nitrogens is 4. The topological polar surface area (TPSA) is 58.9 Å². The summed E-state index contributed by atoms with van der Waals surface area (Å²) >= 11 is 0. The maximum Gasteiger partial charge on any atom is 0.250 e. The minimum absolute atomic E-state index is 0.503. The van der Waals surface area contributed by atoms with Crippen LogP contribution in [-0.2, 0) is 0 Å². The van der Waals surface area contributed by atoms with Crippen molar-refractivity contribution in [3.63, 3.8) is 0 Å². The number of tetrazole rings is 1. The number of hydrogen-bond donors (Lipinski definition) is 1. The number of rotatable bonds is 4. The molecule has 0 unspecified atom stereocenters. The van der Waals surface area contributed by atoms with Crippen LogP contribution in [0.25, 0.3) is 5.69 Å². The van der Waals surface area contributed by atoms with Crippen molar-refractivity contribution in [2.24, 2.45) is 0 Å². The van der Waals surface area contributed by atoms with Crippen molar-refractivity contribution < 1.29 is 0 Å². The Morgan fingerprint density at radius 3 is 2.52 bits per heavy atom. The van der Waals surface area contributed by atoms with Crippen LogP contribution >= 0.6 is 0 Å². The van der Waals surface area contributed by atoms with E-state index in [0.717, 1.165) is 11.6 Å². The fourth-order valence-corrected chi connectivity index (χ4v) is 3.05. The Morgan fingerprint density at radius 1 is 1.14 bits per heavy atom. The van der Waals surface area contributed by atoms with Crippen LogP contribution in [0.2, 0.25) is 0 Å². The molecule has 1 aliphatic carbocycles. The van der Waals surface area contributed by atoms with Crippen molar-refractivity contribution in [1.82, 2.24) is 25.5 Å². The van der Waals surface area contributed by atoms with Gasteiger partial charge in [0.25, 0.3) is 0 Å². The van der Waals surface area contributed by atoms with E-state index in [1.807, 2.05) is 42.1 Å². The third kappa shape index (κ3) is 2.90. The first kappa shape index (κ1) is 14.0. The van der Waals surface area contributed by atoms with Gasteiger partial charge in [-0.15, -0.1) is 0 Å². The minimum Gasteiger partial charge on any atom is -0.339 e. The molecule has 1 saturated carbocycles. The van der Waals surface area contributed by atoms with Crippen LogP contribution in [-0.4, -0.2) is 46.4 Å². The molecule has 112 valence electrons. The molecule has 6 heteroatoms. The van der Waals surface area contributed by atoms with Gasteiger partial charge >= 0.3 is 0 Å². The molecule has 6 nitrogen and oxygen atoms in total. The fourth-order valence-electron chi connectivity index (χ4n) is 3.05. The van der Waals surface area contributed by atoms with Gasteiger partial charge in [-0.1, -0.05) is 23.3 Å². The minimum atomic E-state index is 0.503. The van der Waals surface area contributed by atoms with Gasteiger partial charge in [-0.25, -0.2) is 0 Å². The molecule has 3 rings (SSSR count). The van der Waals surface area contributed by atoms with Crippen LogP contribution in [0.15, 0.2) is 30.3 Å². The first-order valence-electron chi connectivity index (χ1n) is 7.53. The molecule has 0 saturated heterocycles. The van der Waals surface area contributed by atoms with E-state index in [2.05, 4.69) is 32.8 Å². The highest BCUT2D eigenvalue weighted by Crippen LogP contribution is 2.25. The molecule has 0 spiro atoms. The predicted octanol–water partition coefficient (Wildman–Crippen LogP) is 1.63. The molecule has 0 aliphatic heterocycles. The quantitative estimate of drug-likeness (QED) is 0.925. The molecule has 1 aliphatic rings. The number of nitrogens with one attached hydrogen (secondary N) is 1. The molecule has 0 atom stereocenters. The van der Waals surface area contributed by atoms with E-state index < -0.39 is 0 Å². The molecule has 21 heavy (non-hydrogen) atoms. The molecule has 1 heterocycles. The predicted molar refractivity (Wildman–Crippen MR) is 82.7 cm³/mol. The van der Waals surface area contributed by atoms with Gasteiger partial charge in [-0.3, -0.25) is 0 Å². The lowest BCUT2D eigenvalue weighted by molar-refractivity contribution is 0.349. The summed E-state index contributed by atoms with van der Waals surface area (Å²) in [5.74, 6) is 0.814. The Balaban J connectivity index is 1.77. The van der Waals surface area contributed by atoms with E-state index in [0.29, 0.717) is 12.1 Å². The normalized spacial score (nSPS) is 22.2. The Kier molecular flexibility index (Phi) is 4.15. The van der Waals surface area contributed by atoms with E-state index in [-0.39, 0.29) is 0 Å². The molecule has 1 aromatic heterocycles. The van der Waals surface area contributed by atoms with Gasteiger partial charge in [0, 0.05) is 19.1 Å². The summed E-state index contributed by atoms with van der Waals surface area (Å²) < 4.78 is 1.81. The molecule has 0 radical (unpaired) electrons. The highest BCUT2D eigenvalue weighted by Gasteiger charge is 2.26. The van der Waals surface area contributed by atoms with Crippen LogP contribution < -0.4 is 10.2 Å². The van der Waals surface area contributed by atoms with E-state index in [1.165, 1.54) is 25.7 Å². The van der Waals surface area contributed by atoms with Gasteiger partial charge in [0.15, 0.2) is 0 Å². The van der Waals surface area contributed by atoms with Crippen LogP contribution in [0.3, 0.4) is 0 Å². The van der Waals surface area contributed by atoms with Gasteiger partial charge in [-0.05, 0) is 55.3 Å². The first-order valence-corrected chi connectivity index (χ1v) is 7.53. The standard InChI is InChI=1S/C15H22N6/c1-16-12-8-10-13(11-9-12)20(2)15-17-18-19-21(15)14-6-4-3-5-7-14/h3-7,12-13,16H,8-11H2,1-2H3. The average molecular weight is 286 g/mol. The van der Waals surface area contributed by atoms with E-state index in [4.69, 9.17) is 0 Å². The zero-order chi connectivity index (χ0) is 14.7. The van der Waals surface area contributed by atoms with E-state index >= 15 is 0 Å². The third-order valence-electron chi connectivity index (χ3n) is 4.42. The lowest BCUT2D eigenvalue weighted by atomic mass is 9.90. The van der Waals surface area contributed by atoms with Crippen molar-refractivity contribution >= 4 is 5.95 Å². The van der Waals surface area contributed by atoms with Crippen molar-refractivity contribution in [3.05, 3.63) is 30.3 Å². The Labute approximate surface area is 125 Å². The largest absolute Gasteiger partial charge is 0.339 e. The molecule has 1 aromatic carbocycles. The van der Waals surface area contributed by atoms with E-state index in [9.17, 15) is 0 Å². The molecule has 2 aromatic rings. The summed E-state index contributed by atoms with van der Waals surface area (Å²) in [6.07, 6.45) is 4.75. The maximum absolute atomic E-state index is 4.22. The fraction of sp³-hybridized carbons (Fsp3) is 0.533. The Bertz CT molecular complexity index is 559. The highest BCUT2D eigenvalue weighted by molar-refractivity contribution is 5.40. The summed E-state index contributed by atoms with van der Waals surface area (Å²) in [4.78, 5) is 2.22. The van der Waals surface area contributed by atoms with Gasteiger partial charge < -0.3 is 10.2 Å². The van der Waals surface area contributed by atoms with Gasteiger partial charge in [0.2, 0.25) is 5.95 Å². The summed E-state index contributed by atoms with van der Waals surface area (Å²) in [5.41, 5.74) is 0.994. The monoisotopic (exact) mass is 286 g/mol. The van der Waals surface area contributed by atoms with E-state index in [1.54, 1.807) is 0 Å². The van der Waals surface area contributed by atoms with Crippen molar-refractivity contribution in [2.45, 2.75) is 37.8 Å². The summed E-state index contributed by atoms with van der Waals surface area (Å²) in [7, 11) is 4.14. The van der Waals surface area contributed by atoms with Crippen molar-refractivity contribution in [2.75, 3.05) is 19.0 Å². The summed E-state index contributed by atoms with van der Waals surface area (Å²) in [5, 5.41) is 15.6. The van der Waals surface area contributed by atoms with Gasteiger partial charge in [0.1, 0.15) is 0 Å². The number of benzene rings is 1. The maximum atomic E-state index is 4.22. The molecule has 0 bridgehead atoms. The molecule has 1 fully saturated rings. The average Bonchev–Trinajstić information content (AvgIpc) is 3.04. The lowest BCUT2D eigenvalue weighted by Crippen LogP contribution is -2.40. The highest BCUT2D eigenvalue weighted by atomic mass is 15.6. The van der Waals surface area contributed by atoms with Gasteiger partial charge in [-0.2, -0.15) is 4.68 Å². The summed E-state index contributed by atoms with van der Waals surface area (Å²) in [6.45, 7) is 0. The molecular weight excluding hydrogens is 264 g/mol. The SMILES string of the molecule is CNC1CCC(N(C)c2nnnn2-c2ccccc2)CC1.